The highest BCUT2D eigenvalue weighted by Crippen LogP contribution is 2.22. The second-order valence-corrected chi connectivity index (χ2v) is 5.69. The number of likely N-dealkylation sites (N-methyl/N-ethyl adjacent to an activating group) is 1. The number of likely N-dealkylation sites (tertiary alicyclic amines) is 1. The van der Waals surface area contributed by atoms with E-state index in [1.54, 1.807) is 0 Å². The molecule has 0 spiro atoms. The standard InChI is InChI=1S/C16H25N3O/c1-13-10-15(18(2)16(20)11-17)8-9-19(13)12-14-6-4-3-5-7-14/h3-7,13,15H,8-12,17H2,1-2H3/t13-,15-/m0/s1. The number of piperidine rings is 1. The fourth-order valence-corrected chi connectivity index (χ4v) is 2.95. The smallest absolute Gasteiger partial charge is 0.236 e. The van der Waals surface area contributed by atoms with Gasteiger partial charge in [0.25, 0.3) is 0 Å². The molecule has 4 heteroatoms. The summed E-state index contributed by atoms with van der Waals surface area (Å²) in [5.41, 5.74) is 6.79. The molecule has 0 unspecified atom stereocenters. The normalized spacial score (nSPS) is 23.6. The van der Waals surface area contributed by atoms with Crippen molar-refractivity contribution >= 4 is 5.91 Å². The molecule has 1 aliphatic rings. The number of nitrogens with two attached hydrogens (primary N) is 1. The van der Waals surface area contributed by atoms with Gasteiger partial charge in [0.1, 0.15) is 0 Å². The van der Waals surface area contributed by atoms with Crippen molar-refractivity contribution in [1.82, 2.24) is 9.80 Å². The lowest BCUT2D eigenvalue weighted by Crippen LogP contribution is -2.50. The van der Waals surface area contributed by atoms with Gasteiger partial charge in [-0.2, -0.15) is 0 Å². The van der Waals surface area contributed by atoms with E-state index in [4.69, 9.17) is 5.73 Å². The van der Waals surface area contributed by atoms with Gasteiger partial charge in [-0.05, 0) is 25.3 Å². The predicted octanol–water partition coefficient (Wildman–Crippen LogP) is 1.46. The lowest BCUT2D eigenvalue weighted by molar-refractivity contribution is -0.131. The van der Waals surface area contributed by atoms with Crippen LogP contribution in [0.3, 0.4) is 0 Å². The van der Waals surface area contributed by atoms with Crippen LogP contribution in [0.2, 0.25) is 0 Å². The molecule has 20 heavy (non-hydrogen) atoms. The zero-order valence-corrected chi connectivity index (χ0v) is 12.5. The minimum Gasteiger partial charge on any atom is -0.342 e. The van der Waals surface area contributed by atoms with Crippen LogP contribution in [0.15, 0.2) is 30.3 Å². The Labute approximate surface area is 121 Å². The Balaban J connectivity index is 1.91. The summed E-state index contributed by atoms with van der Waals surface area (Å²) >= 11 is 0. The topological polar surface area (TPSA) is 49.6 Å². The molecule has 2 rings (SSSR count). The zero-order chi connectivity index (χ0) is 14.5. The molecule has 1 fully saturated rings. The number of hydrogen-bond acceptors (Lipinski definition) is 3. The number of benzene rings is 1. The third kappa shape index (κ3) is 3.58. The quantitative estimate of drug-likeness (QED) is 0.905. The summed E-state index contributed by atoms with van der Waals surface area (Å²) in [5.74, 6) is 0.0405. The first-order valence-electron chi connectivity index (χ1n) is 7.35. The van der Waals surface area contributed by atoms with Crippen molar-refractivity contribution < 1.29 is 4.79 Å². The summed E-state index contributed by atoms with van der Waals surface area (Å²) in [7, 11) is 1.87. The Kier molecular flexibility index (Phi) is 5.15. The first-order valence-corrected chi connectivity index (χ1v) is 7.35. The van der Waals surface area contributed by atoms with Crippen LogP contribution in [-0.2, 0) is 11.3 Å². The second kappa shape index (κ2) is 6.86. The molecule has 1 heterocycles. The highest BCUT2D eigenvalue weighted by atomic mass is 16.2. The SMILES string of the molecule is C[C@H]1C[C@@H](N(C)C(=O)CN)CCN1Cc1ccccc1. The van der Waals surface area contributed by atoms with E-state index in [1.165, 1.54) is 5.56 Å². The van der Waals surface area contributed by atoms with Crippen LogP contribution >= 0.6 is 0 Å². The van der Waals surface area contributed by atoms with Crippen molar-refractivity contribution in [3.05, 3.63) is 35.9 Å². The Hall–Kier alpha value is -1.39. The van der Waals surface area contributed by atoms with Gasteiger partial charge >= 0.3 is 0 Å². The van der Waals surface area contributed by atoms with E-state index in [1.807, 2.05) is 18.0 Å². The van der Waals surface area contributed by atoms with E-state index in [9.17, 15) is 4.79 Å². The van der Waals surface area contributed by atoms with Crippen molar-refractivity contribution in [2.24, 2.45) is 5.73 Å². The van der Waals surface area contributed by atoms with Gasteiger partial charge < -0.3 is 10.6 Å². The average Bonchev–Trinajstić information content (AvgIpc) is 2.48. The molecular formula is C16H25N3O. The maximum Gasteiger partial charge on any atom is 0.236 e. The van der Waals surface area contributed by atoms with Gasteiger partial charge in [-0.3, -0.25) is 9.69 Å². The molecule has 110 valence electrons. The molecule has 1 aromatic rings. The maximum absolute atomic E-state index is 11.7. The predicted molar refractivity (Wildman–Crippen MR) is 81.2 cm³/mol. The van der Waals surface area contributed by atoms with Gasteiger partial charge in [0, 0.05) is 32.2 Å². The fraction of sp³-hybridized carbons (Fsp3) is 0.562. The van der Waals surface area contributed by atoms with Crippen molar-refractivity contribution in [3.63, 3.8) is 0 Å². The fourth-order valence-electron chi connectivity index (χ4n) is 2.95. The second-order valence-electron chi connectivity index (χ2n) is 5.69. The molecular weight excluding hydrogens is 250 g/mol. The summed E-state index contributed by atoms with van der Waals surface area (Å²) in [6.07, 6.45) is 2.05. The summed E-state index contributed by atoms with van der Waals surface area (Å²) in [6.45, 7) is 4.37. The van der Waals surface area contributed by atoms with Crippen LogP contribution in [-0.4, -0.2) is 47.9 Å². The molecule has 0 aliphatic carbocycles. The van der Waals surface area contributed by atoms with Crippen molar-refractivity contribution in [2.75, 3.05) is 20.1 Å². The Bertz CT molecular complexity index is 435. The molecule has 0 radical (unpaired) electrons. The number of amides is 1. The van der Waals surface area contributed by atoms with Crippen LogP contribution in [0.5, 0.6) is 0 Å². The van der Waals surface area contributed by atoms with Gasteiger partial charge in [0.05, 0.1) is 6.54 Å². The van der Waals surface area contributed by atoms with E-state index in [2.05, 4.69) is 36.1 Å². The largest absolute Gasteiger partial charge is 0.342 e. The lowest BCUT2D eigenvalue weighted by Gasteiger charge is -2.41. The molecule has 2 N–H and O–H groups in total. The minimum atomic E-state index is 0.0405. The highest BCUT2D eigenvalue weighted by molar-refractivity contribution is 5.78. The Morgan fingerprint density at radius 1 is 1.40 bits per heavy atom. The third-order valence-corrected chi connectivity index (χ3v) is 4.33. The molecule has 0 bridgehead atoms. The number of hydrogen-bond donors (Lipinski definition) is 1. The first kappa shape index (κ1) is 15.0. The molecule has 1 aromatic carbocycles. The van der Waals surface area contributed by atoms with Crippen LogP contribution in [0.4, 0.5) is 0 Å². The number of carbonyl (C=O) groups is 1. The zero-order valence-electron chi connectivity index (χ0n) is 12.5. The molecule has 1 amide bonds. The summed E-state index contributed by atoms with van der Waals surface area (Å²) < 4.78 is 0. The van der Waals surface area contributed by atoms with Crippen molar-refractivity contribution in [3.8, 4) is 0 Å². The molecule has 1 saturated heterocycles. The van der Waals surface area contributed by atoms with E-state index in [0.717, 1.165) is 25.9 Å². The Morgan fingerprint density at radius 3 is 2.70 bits per heavy atom. The van der Waals surface area contributed by atoms with Crippen LogP contribution in [0, 0.1) is 0 Å². The number of nitrogens with zero attached hydrogens (tertiary/aromatic N) is 2. The van der Waals surface area contributed by atoms with E-state index >= 15 is 0 Å². The van der Waals surface area contributed by atoms with Gasteiger partial charge in [0.15, 0.2) is 0 Å². The number of rotatable bonds is 4. The van der Waals surface area contributed by atoms with Crippen molar-refractivity contribution in [1.29, 1.82) is 0 Å². The van der Waals surface area contributed by atoms with E-state index < -0.39 is 0 Å². The van der Waals surface area contributed by atoms with Crippen LogP contribution < -0.4 is 5.73 Å². The van der Waals surface area contributed by atoms with Gasteiger partial charge in [-0.15, -0.1) is 0 Å². The summed E-state index contributed by atoms with van der Waals surface area (Å²) in [6, 6.07) is 11.4. The molecule has 2 atom stereocenters. The van der Waals surface area contributed by atoms with Crippen LogP contribution in [0.1, 0.15) is 25.3 Å². The first-order chi connectivity index (χ1) is 9.61. The Morgan fingerprint density at radius 2 is 2.10 bits per heavy atom. The maximum atomic E-state index is 11.7. The third-order valence-electron chi connectivity index (χ3n) is 4.33. The molecule has 0 aromatic heterocycles. The molecule has 0 saturated carbocycles. The lowest BCUT2D eigenvalue weighted by atomic mass is 9.96. The van der Waals surface area contributed by atoms with E-state index in [-0.39, 0.29) is 12.5 Å². The summed E-state index contributed by atoms with van der Waals surface area (Å²) in [4.78, 5) is 16.0. The van der Waals surface area contributed by atoms with E-state index in [0.29, 0.717) is 12.1 Å². The van der Waals surface area contributed by atoms with Gasteiger partial charge in [-0.25, -0.2) is 0 Å². The van der Waals surface area contributed by atoms with Gasteiger partial charge in [0.2, 0.25) is 5.91 Å². The molecule has 1 aliphatic heterocycles. The summed E-state index contributed by atoms with van der Waals surface area (Å²) in [5, 5.41) is 0. The van der Waals surface area contributed by atoms with Crippen molar-refractivity contribution in [2.45, 2.75) is 38.4 Å². The molecule has 4 nitrogen and oxygen atoms in total. The van der Waals surface area contributed by atoms with Crippen LogP contribution in [0.25, 0.3) is 0 Å². The van der Waals surface area contributed by atoms with Gasteiger partial charge in [-0.1, -0.05) is 30.3 Å². The average molecular weight is 275 g/mol. The number of carbonyl (C=O) groups excluding carboxylic acids is 1. The highest BCUT2D eigenvalue weighted by Gasteiger charge is 2.29. The minimum absolute atomic E-state index is 0.0405. The monoisotopic (exact) mass is 275 g/mol.